The van der Waals surface area contributed by atoms with Gasteiger partial charge in [-0.25, -0.2) is 14.6 Å². The summed E-state index contributed by atoms with van der Waals surface area (Å²) in [5, 5.41) is 6.09. The van der Waals surface area contributed by atoms with Gasteiger partial charge >= 0.3 is 0 Å². The standard InChI is InChI=1S/C17H17ClN4O/c1-11-13-10-12(14-7-8-19-17(18)20-14)5-6-15(13)21-22(11)16-4-2-3-9-23-16/h5-8,10,16H,2-4,9H2,1H3. The van der Waals surface area contributed by atoms with E-state index < -0.39 is 0 Å². The summed E-state index contributed by atoms with van der Waals surface area (Å²) in [5.41, 5.74) is 3.91. The predicted molar refractivity (Wildman–Crippen MR) is 89.3 cm³/mol. The molecule has 0 amide bonds. The lowest BCUT2D eigenvalue weighted by molar-refractivity contribution is -0.0402. The highest BCUT2D eigenvalue weighted by atomic mass is 35.5. The maximum Gasteiger partial charge on any atom is 0.222 e. The molecule has 1 saturated heterocycles. The molecule has 0 N–H and O–H groups in total. The first-order valence-electron chi connectivity index (χ1n) is 7.82. The van der Waals surface area contributed by atoms with Crippen molar-refractivity contribution in [2.45, 2.75) is 32.4 Å². The SMILES string of the molecule is Cc1c2cc(-c3ccnc(Cl)n3)ccc2nn1C1CCCCO1. The van der Waals surface area contributed by atoms with Crippen LogP contribution in [0.1, 0.15) is 31.2 Å². The zero-order valence-electron chi connectivity index (χ0n) is 12.9. The monoisotopic (exact) mass is 328 g/mol. The summed E-state index contributed by atoms with van der Waals surface area (Å²) in [6.45, 7) is 2.90. The molecule has 23 heavy (non-hydrogen) atoms. The molecular formula is C17H17ClN4O. The van der Waals surface area contributed by atoms with E-state index in [0.717, 1.165) is 47.3 Å². The van der Waals surface area contributed by atoms with Crippen LogP contribution in [0.4, 0.5) is 0 Å². The molecule has 5 nitrogen and oxygen atoms in total. The Kier molecular flexibility index (Phi) is 3.75. The number of hydrogen-bond acceptors (Lipinski definition) is 4. The lowest BCUT2D eigenvalue weighted by Crippen LogP contribution is -2.20. The van der Waals surface area contributed by atoms with E-state index in [-0.39, 0.29) is 11.5 Å². The van der Waals surface area contributed by atoms with Gasteiger partial charge in [-0.05, 0) is 56.0 Å². The first kappa shape index (κ1) is 14.6. The Bertz CT molecular complexity index is 855. The van der Waals surface area contributed by atoms with E-state index in [9.17, 15) is 0 Å². The Morgan fingerprint density at radius 3 is 2.96 bits per heavy atom. The summed E-state index contributed by atoms with van der Waals surface area (Å²) in [7, 11) is 0. The predicted octanol–water partition coefficient (Wildman–Crippen LogP) is 4.15. The largest absolute Gasteiger partial charge is 0.357 e. The molecule has 1 fully saturated rings. The number of nitrogens with zero attached hydrogens (tertiary/aromatic N) is 4. The molecule has 1 atom stereocenters. The minimum Gasteiger partial charge on any atom is -0.357 e. The number of rotatable bonds is 2. The lowest BCUT2D eigenvalue weighted by Gasteiger charge is -2.23. The second-order valence-corrected chi connectivity index (χ2v) is 6.13. The molecule has 0 radical (unpaired) electrons. The van der Waals surface area contributed by atoms with Crippen LogP contribution in [0.15, 0.2) is 30.5 Å². The molecule has 6 heteroatoms. The van der Waals surface area contributed by atoms with Crippen LogP contribution < -0.4 is 0 Å². The van der Waals surface area contributed by atoms with Gasteiger partial charge in [0.15, 0.2) is 0 Å². The minimum absolute atomic E-state index is 0.0492. The summed E-state index contributed by atoms with van der Waals surface area (Å²) in [6, 6.07) is 8.00. The van der Waals surface area contributed by atoms with Crippen molar-refractivity contribution >= 4 is 22.5 Å². The number of aromatic nitrogens is 4. The van der Waals surface area contributed by atoms with Gasteiger partial charge in [0.05, 0.1) is 11.2 Å². The second-order valence-electron chi connectivity index (χ2n) is 5.79. The summed E-state index contributed by atoms with van der Waals surface area (Å²) < 4.78 is 7.88. The van der Waals surface area contributed by atoms with Crippen LogP contribution >= 0.6 is 11.6 Å². The number of fused-ring (bicyclic) bond motifs is 1. The van der Waals surface area contributed by atoms with E-state index in [1.807, 2.05) is 22.9 Å². The maximum atomic E-state index is 5.89. The van der Waals surface area contributed by atoms with Gasteiger partial charge in [-0.3, -0.25) is 0 Å². The number of ether oxygens (including phenoxy) is 1. The van der Waals surface area contributed by atoms with E-state index in [2.05, 4.69) is 23.0 Å². The second kappa shape index (κ2) is 5.91. The summed E-state index contributed by atoms with van der Waals surface area (Å²) >= 11 is 5.89. The molecule has 118 valence electrons. The molecule has 0 spiro atoms. The molecular weight excluding hydrogens is 312 g/mol. The molecule has 1 aromatic carbocycles. The van der Waals surface area contributed by atoms with Gasteiger partial charge in [-0.1, -0.05) is 6.07 Å². The normalized spacial score (nSPS) is 18.4. The molecule has 0 saturated carbocycles. The third-order valence-corrected chi connectivity index (χ3v) is 4.48. The Balaban J connectivity index is 1.78. The molecule has 0 bridgehead atoms. The lowest BCUT2D eigenvalue weighted by atomic mass is 10.1. The van der Waals surface area contributed by atoms with Crippen LogP contribution in [0, 0.1) is 6.92 Å². The molecule has 2 aromatic heterocycles. The van der Waals surface area contributed by atoms with Crippen LogP contribution in [0.3, 0.4) is 0 Å². The number of halogens is 1. The van der Waals surface area contributed by atoms with Crippen molar-refractivity contribution in [2.75, 3.05) is 6.61 Å². The Morgan fingerprint density at radius 1 is 1.26 bits per heavy atom. The van der Waals surface area contributed by atoms with Crippen molar-refractivity contribution in [3.63, 3.8) is 0 Å². The van der Waals surface area contributed by atoms with Crippen LogP contribution in [0.25, 0.3) is 22.2 Å². The summed E-state index contributed by atoms with van der Waals surface area (Å²) in [4.78, 5) is 8.21. The van der Waals surface area contributed by atoms with Gasteiger partial charge in [0, 0.05) is 29.4 Å². The summed E-state index contributed by atoms with van der Waals surface area (Å²) in [5.74, 6) is 0. The number of hydrogen-bond donors (Lipinski definition) is 0. The third-order valence-electron chi connectivity index (χ3n) is 4.30. The first-order chi connectivity index (χ1) is 11.2. The van der Waals surface area contributed by atoms with Crippen molar-refractivity contribution < 1.29 is 4.74 Å². The average Bonchev–Trinajstić information content (AvgIpc) is 2.92. The van der Waals surface area contributed by atoms with E-state index in [1.54, 1.807) is 6.20 Å². The highest BCUT2D eigenvalue weighted by Gasteiger charge is 2.20. The zero-order chi connectivity index (χ0) is 15.8. The average molecular weight is 329 g/mol. The maximum absolute atomic E-state index is 5.89. The van der Waals surface area contributed by atoms with Gasteiger partial charge in [0.2, 0.25) is 5.28 Å². The molecule has 1 aliphatic heterocycles. The topological polar surface area (TPSA) is 52.8 Å². The highest BCUT2D eigenvalue weighted by Crippen LogP contribution is 2.29. The zero-order valence-corrected chi connectivity index (χ0v) is 13.6. The Hall–Kier alpha value is -1.98. The fourth-order valence-electron chi connectivity index (χ4n) is 3.08. The quantitative estimate of drug-likeness (QED) is 0.663. The first-order valence-corrected chi connectivity index (χ1v) is 8.19. The highest BCUT2D eigenvalue weighted by molar-refractivity contribution is 6.28. The van der Waals surface area contributed by atoms with Gasteiger partial charge < -0.3 is 4.74 Å². The Morgan fingerprint density at radius 2 is 2.17 bits per heavy atom. The number of benzene rings is 1. The molecule has 0 aliphatic carbocycles. The molecule has 3 heterocycles. The van der Waals surface area contributed by atoms with Crippen molar-refractivity contribution in [3.05, 3.63) is 41.4 Å². The van der Waals surface area contributed by atoms with Crippen molar-refractivity contribution in [3.8, 4) is 11.3 Å². The van der Waals surface area contributed by atoms with E-state index in [1.165, 1.54) is 6.42 Å². The third kappa shape index (κ3) is 2.71. The van der Waals surface area contributed by atoms with Crippen molar-refractivity contribution in [1.82, 2.24) is 19.7 Å². The van der Waals surface area contributed by atoms with Crippen molar-refractivity contribution in [2.24, 2.45) is 0 Å². The van der Waals surface area contributed by atoms with Gasteiger partial charge in [-0.15, -0.1) is 0 Å². The summed E-state index contributed by atoms with van der Waals surface area (Å²) in [6.07, 6.45) is 5.05. The van der Waals surface area contributed by atoms with Crippen molar-refractivity contribution in [1.29, 1.82) is 0 Å². The minimum atomic E-state index is 0.0492. The van der Waals surface area contributed by atoms with Gasteiger partial charge in [-0.2, -0.15) is 5.10 Å². The van der Waals surface area contributed by atoms with E-state index in [0.29, 0.717) is 0 Å². The van der Waals surface area contributed by atoms with Crippen LogP contribution in [0.5, 0.6) is 0 Å². The molecule has 1 aliphatic rings. The van der Waals surface area contributed by atoms with E-state index in [4.69, 9.17) is 21.4 Å². The van der Waals surface area contributed by atoms with Crippen LogP contribution in [0.2, 0.25) is 5.28 Å². The Labute approximate surface area is 139 Å². The number of aryl methyl sites for hydroxylation is 1. The van der Waals surface area contributed by atoms with Crippen LogP contribution in [-0.2, 0) is 4.74 Å². The molecule has 3 aromatic rings. The smallest absolute Gasteiger partial charge is 0.222 e. The molecule has 4 rings (SSSR count). The van der Waals surface area contributed by atoms with E-state index >= 15 is 0 Å². The van der Waals surface area contributed by atoms with Crippen LogP contribution in [-0.4, -0.2) is 26.4 Å². The fraction of sp³-hybridized carbons (Fsp3) is 0.353. The fourth-order valence-corrected chi connectivity index (χ4v) is 3.23. The van der Waals surface area contributed by atoms with Gasteiger partial charge in [0.25, 0.3) is 0 Å². The molecule has 1 unspecified atom stereocenters. The van der Waals surface area contributed by atoms with Gasteiger partial charge in [0.1, 0.15) is 6.23 Å².